The number of amides is 1. The predicted octanol–water partition coefficient (Wildman–Crippen LogP) is 1.03. The van der Waals surface area contributed by atoms with Crippen LogP contribution < -0.4 is 10.9 Å². The van der Waals surface area contributed by atoms with E-state index in [0.717, 1.165) is 30.5 Å². The molecule has 1 aliphatic rings. The van der Waals surface area contributed by atoms with E-state index in [1.165, 1.54) is 4.68 Å². The van der Waals surface area contributed by atoms with Gasteiger partial charge in [-0.05, 0) is 33.1 Å². The zero-order valence-corrected chi connectivity index (χ0v) is 14.8. The Bertz CT molecular complexity index is 899. The van der Waals surface area contributed by atoms with Gasteiger partial charge >= 0.3 is 5.97 Å². The number of ether oxygens (including phenoxy) is 1. The van der Waals surface area contributed by atoms with Gasteiger partial charge in [0.05, 0.1) is 24.4 Å². The second kappa shape index (κ2) is 7.51. The van der Waals surface area contributed by atoms with Crippen LogP contribution in [0.5, 0.6) is 0 Å². The first kappa shape index (κ1) is 17.8. The predicted molar refractivity (Wildman–Crippen MR) is 93.2 cm³/mol. The van der Waals surface area contributed by atoms with Crippen molar-refractivity contribution in [2.24, 2.45) is 0 Å². The molecule has 0 aromatic carbocycles. The first-order valence-corrected chi connectivity index (χ1v) is 8.62. The highest BCUT2D eigenvalue weighted by Crippen LogP contribution is 2.19. The summed E-state index contributed by atoms with van der Waals surface area (Å²) in [4.78, 5) is 42.9. The number of carbonyl (C=O) groups excluding carboxylic acids is 2. The highest BCUT2D eigenvalue weighted by atomic mass is 16.5. The van der Waals surface area contributed by atoms with Crippen LogP contribution >= 0.6 is 0 Å². The van der Waals surface area contributed by atoms with Crippen molar-refractivity contribution in [1.29, 1.82) is 0 Å². The molecule has 0 spiro atoms. The molecule has 0 saturated heterocycles. The molecule has 2 aromatic heterocycles. The number of nitrogens with zero attached hydrogens (tertiary/aromatic N) is 3. The van der Waals surface area contributed by atoms with Crippen molar-refractivity contribution in [1.82, 2.24) is 19.7 Å². The van der Waals surface area contributed by atoms with Gasteiger partial charge in [0.2, 0.25) is 11.9 Å². The van der Waals surface area contributed by atoms with Crippen LogP contribution in [0.3, 0.4) is 0 Å². The number of rotatable bonds is 6. The summed E-state index contributed by atoms with van der Waals surface area (Å²) in [6.45, 7) is 3.77. The highest BCUT2D eigenvalue weighted by Gasteiger charge is 2.20. The van der Waals surface area contributed by atoms with E-state index < -0.39 is 5.97 Å². The third-order valence-electron chi connectivity index (χ3n) is 4.09. The molecular weight excluding hydrogens is 338 g/mol. The zero-order valence-electron chi connectivity index (χ0n) is 14.8. The number of hydrogen-bond acceptors (Lipinski definition) is 6. The molecule has 1 aliphatic carbocycles. The number of carbonyl (C=O) groups is 2. The number of aromatic amines is 1. The van der Waals surface area contributed by atoms with Gasteiger partial charge in [0.1, 0.15) is 5.82 Å². The van der Waals surface area contributed by atoms with E-state index in [0.29, 0.717) is 11.5 Å². The van der Waals surface area contributed by atoms with Crippen LogP contribution in [-0.2, 0) is 27.2 Å². The van der Waals surface area contributed by atoms with Crippen LogP contribution in [0.25, 0.3) is 5.95 Å². The summed E-state index contributed by atoms with van der Waals surface area (Å²) in [5.41, 5.74) is 1.98. The van der Waals surface area contributed by atoms with E-state index in [1.54, 1.807) is 19.9 Å². The summed E-state index contributed by atoms with van der Waals surface area (Å²) < 4.78 is 6.21. The molecule has 0 bridgehead atoms. The largest absolute Gasteiger partial charge is 0.466 e. The minimum Gasteiger partial charge on any atom is -0.466 e. The Kier molecular flexibility index (Phi) is 5.15. The summed E-state index contributed by atoms with van der Waals surface area (Å²) in [6.07, 6.45) is 2.39. The van der Waals surface area contributed by atoms with Gasteiger partial charge in [0.15, 0.2) is 0 Å². The standard InChI is InChI=1S/C17H21N5O4/c1-3-26-15(24)8-7-14(23)19-13-9-10(2)21-22(13)17-18-12-6-4-5-11(12)16(25)20-17/h9H,3-8H2,1-2H3,(H,19,23)(H,18,20,25). The van der Waals surface area contributed by atoms with E-state index in [1.807, 2.05) is 0 Å². The lowest BCUT2D eigenvalue weighted by Crippen LogP contribution is -2.21. The second-order valence-electron chi connectivity index (χ2n) is 6.10. The first-order chi connectivity index (χ1) is 12.5. The SMILES string of the molecule is CCOC(=O)CCC(=O)Nc1cc(C)nn1-c1nc2c(c(=O)[nH]1)CCC2. The minimum absolute atomic E-state index is 0.000715. The molecule has 3 rings (SSSR count). The van der Waals surface area contributed by atoms with Crippen LogP contribution in [0.15, 0.2) is 10.9 Å². The fourth-order valence-corrected chi connectivity index (χ4v) is 2.93. The lowest BCUT2D eigenvalue weighted by molar-refractivity contribution is -0.144. The van der Waals surface area contributed by atoms with Gasteiger partial charge in [-0.15, -0.1) is 0 Å². The Labute approximate surface area is 149 Å². The Morgan fingerprint density at radius 1 is 1.35 bits per heavy atom. The number of hydrogen-bond donors (Lipinski definition) is 2. The van der Waals surface area contributed by atoms with Crippen molar-refractivity contribution >= 4 is 17.7 Å². The molecule has 9 heteroatoms. The van der Waals surface area contributed by atoms with E-state index >= 15 is 0 Å². The van der Waals surface area contributed by atoms with E-state index in [4.69, 9.17) is 4.74 Å². The highest BCUT2D eigenvalue weighted by molar-refractivity contribution is 5.92. The maximum absolute atomic E-state index is 12.2. The van der Waals surface area contributed by atoms with Crippen LogP contribution in [0.2, 0.25) is 0 Å². The third-order valence-corrected chi connectivity index (χ3v) is 4.09. The number of H-pyrrole nitrogens is 1. The van der Waals surface area contributed by atoms with Crippen molar-refractivity contribution in [3.8, 4) is 5.95 Å². The maximum Gasteiger partial charge on any atom is 0.306 e. The van der Waals surface area contributed by atoms with Gasteiger partial charge in [-0.25, -0.2) is 4.98 Å². The molecule has 2 aromatic rings. The van der Waals surface area contributed by atoms with Gasteiger partial charge in [0.25, 0.3) is 5.56 Å². The summed E-state index contributed by atoms with van der Waals surface area (Å²) in [5.74, 6) is -0.110. The van der Waals surface area contributed by atoms with Gasteiger partial charge < -0.3 is 10.1 Å². The average Bonchev–Trinajstić information content (AvgIpc) is 3.20. The summed E-state index contributed by atoms with van der Waals surface area (Å²) >= 11 is 0. The Hall–Kier alpha value is -2.97. The monoisotopic (exact) mass is 359 g/mol. The number of esters is 1. The van der Waals surface area contributed by atoms with Crippen LogP contribution in [0, 0.1) is 6.92 Å². The van der Waals surface area contributed by atoms with Gasteiger partial charge in [-0.1, -0.05) is 0 Å². The van der Waals surface area contributed by atoms with Crippen molar-refractivity contribution in [3.05, 3.63) is 33.4 Å². The minimum atomic E-state index is -0.419. The normalized spacial score (nSPS) is 12.7. The Morgan fingerprint density at radius 3 is 2.92 bits per heavy atom. The molecule has 0 unspecified atom stereocenters. The van der Waals surface area contributed by atoms with Crippen molar-refractivity contribution in [3.63, 3.8) is 0 Å². The molecule has 9 nitrogen and oxygen atoms in total. The van der Waals surface area contributed by atoms with Gasteiger partial charge in [0, 0.05) is 18.1 Å². The third kappa shape index (κ3) is 3.81. The van der Waals surface area contributed by atoms with Crippen LogP contribution in [-0.4, -0.2) is 38.2 Å². The lowest BCUT2D eigenvalue weighted by atomic mass is 10.3. The van der Waals surface area contributed by atoms with Crippen LogP contribution in [0.4, 0.5) is 5.82 Å². The Balaban J connectivity index is 1.79. The molecular formula is C17H21N5O4. The molecule has 26 heavy (non-hydrogen) atoms. The van der Waals surface area contributed by atoms with Crippen LogP contribution in [0.1, 0.15) is 43.1 Å². The molecule has 0 atom stereocenters. The molecule has 0 saturated carbocycles. The van der Waals surface area contributed by atoms with Crippen molar-refractivity contribution in [2.75, 3.05) is 11.9 Å². The Morgan fingerprint density at radius 2 is 2.15 bits per heavy atom. The molecule has 0 aliphatic heterocycles. The molecule has 138 valence electrons. The first-order valence-electron chi connectivity index (χ1n) is 8.62. The number of aryl methyl sites for hydroxylation is 2. The van der Waals surface area contributed by atoms with E-state index in [-0.39, 0.29) is 36.9 Å². The molecule has 2 N–H and O–H groups in total. The quantitative estimate of drug-likeness (QED) is 0.744. The van der Waals surface area contributed by atoms with Gasteiger partial charge in [-0.3, -0.25) is 19.4 Å². The fourth-order valence-electron chi connectivity index (χ4n) is 2.93. The van der Waals surface area contributed by atoms with Crippen molar-refractivity contribution in [2.45, 2.75) is 46.0 Å². The lowest BCUT2D eigenvalue weighted by Gasteiger charge is -2.09. The fraction of sp³-hybridized carbons (Fsp3) is 0.471. The maximum atomic E-state index is 12.2. The summed E-state index contributed by atoms with van der Waals surface area (Å²) in [5, 5.41) is 7.01. The molecule has 0 radical (unpaired) electrons. The van der Waals surface area contributed by atoms with E-state index in [9.17, 15) is 14.4 Å². The second-order valence-corrected chi connectivity index (χ2v) is 6.10. The van der Waals surface area contributed by atoms with Crippen molar-refractivity contribution < 1.29 is 14.3 Å². The average molecular weight is 359 g/mol. The number of nitrogens with one attached hydrogen (secondary N) is 2. The molecule has 1 amide bonds. The smallest absolute Gasteiger partial charge is 0.306 e. The molecule has 0 fully saturated rings. The summed E-state index contributed by atoms with van der Waals surface area (Å²) in [6, 6.07) is 1.68. The molecule has 2 heterocycles. The topological polar surface area (TPSA) is 119 Å². The zero-order chi connectivity index (χ0) is 18.7. The number of anilines is 1. The summed E-state index contributed by atoms with van der Waals surface area (Å²) in [7, 11) is 0. The number of fused-ring (bicyclic) bond motifs is 1. The van der Waals surface area contributed by atoms with E-state index in [2.05, 4.69) is 20.4 Å². The number of aromatic nitrogens is 4. The van der Waals surface area contributed by atoms with Gasteiger partial charge in [-0.2, -0.15) is 9.78 Å².